The molecular formula is C18H20N2O5S. The Balaban J connectivity index is 1.75. The van der Waals surface area contributed by atoms with Gasteiger partial charge in [-0.25, -0.2) is 13.1 Å². The molecule has 1 amide bonds. The maximum Gasteiger partial charge on any atom is 0.241 e. The van der Waals surface area contributed by atoms with Crippen LogP contribution in [0.5, 0.6) is 11.5 Å². The van der Waals surface area contributed by atoms with Gasteiger partial charge in [0.25, 0.3) is 0 Å². The number of rotatable bonds is 5. The minimum atomic E-state index is -3.71. The van der Waals surface area contributed by atoms with Crippen molar-refractivity contribution >= 4 is 21.6 Å². The van der Waals surface area contributed by atoms with Gasteiger partial charge in [-0.15, -0.1) is 0 Å². The fourth-order valence-electron chi connectivity index (χ4n) is 2.62. The van der Waals surface area contributed by atoms with Gasteiger partial charge in [-0.05, 0) is 48.9 Å². The van der Waals surface area contributed by atoms with E-state index in [0.29, 0.717) is 30.4 Å². The van der Waals surface area contributed by atoms with Crippen LogP contribution < -0.4 is 19.5 Å². The second-order valence-electron chi connectivity index (χ2n) is 5.95. The molecule has 26 heavy (non-hydrogen) atoms. The summed E-state index contributed by atoms with van der Waals surface area (Å²) in [5.74, 6) is 1.05. The molecule has 0 saturated carbocycles. The molecule has 0 spiro atoms. The Morgan fingerprint density at radius 2 is 1.69 bits per heavy atom. The number of carbonyl (C=O) groups excluding carboxylic acids is 1. The van der Waals surface area contributed by atoms with E-state index in [9.17, 15) is 13.2 Å². The molecule has 2 N–H and O–H groups in total. The highest BCUT2D eigenvalue weighted by molar-refractivity contribution is 7.89. The van der Waals surface area contributed by atoms with Crippen molar-refractivity contribution < 1.29 is 22.7 Å². The lowest BCUT2D eigenvalue weighted by Crippen LogP contribution is -2.27. The van der Waals surface area contributed by atoms with Crippen molar-refractivity contribution in [2.24, 2.45) is 0 Å². The van der Waals surface area contributed by atoms with Crippen molar-refractivity contribution in [3.63, 3.8) is 0 Å². The highest BCUT2D eigenvalue weighted by Crippen LogP contribution is 2.33. The minimum absolute atomic E-state index is 0.121. The third-order valence-electron chi connectivity index (χ3n) is 3.88. The van der Waals surface area contributed by atoms with Gasteiger partial charge >= 0.3 is 0 Å². The van der Waals surface area contributed by atoms with Crippen molar-refractivity contribution in [3.05, 3.63) is 48.0 Å². The molecule has 0 unspecified atom stereocenters. The molecule has 0 saturated heterocycles. The van der Waals surface area contributed by atoms with Gasteiger partial charge < -0.3 is 14.8 Å². The molecule has 0 aliphatic carbocycles. The van der Waals surface area contributed by atoms with Crippen LogP contribution in [0.25, 0.3) is 0 Å². The monoisotopic (exact) mass is 376 g/mol. The van der Waals surface area contributed by atoms with Gasteiger partial charge in [0.15, 0.2) is 11.5 Å². The quantitative estimate of drug-likeness (QED) is 0.836. The third-order valence-corrected chi connectivity index (χ3v) is 5.44. The van der Waals surface area contributed by atoms with E-state index in [-0.39, 0.29) is 10.8 Å². The average Bonchev–Trinajstić information content (AvgIpc) is 2.61. The Bertz CT molecular complexity index is 910. The van der Waals surface area contributed by atoms with Crippen LogP contribution in [0, 0.1) is 0 Å². The van der Waals surface area contributed by atoms with E-state index in [0.717, 1.165) is 5.56 Å². The predicted molar refractivity (Wildman–Crippen MR) is 96.9 cm³/mol. The van der Waals surface area contributed by atoms with Crippen LogP contribution in [0.15, 0.2) is 47.4 Å². The van der Waals surface area contributed by atoms with Gasteiger partial charge in [0.2, 0.25) is 15.9 Å². The van der Waals surface area contributed by atoms with Crippen molar-refractivity contribution in [2.45, 2.75) is 24.8 Å². The van der Waals surface area contributed by atoms with E-state index in [1.165, 1.54) is 19.1 Å². The zero-order valence-corrected chi connectivity index (χ0v) is 15.3. The number of fused-ring (bicyclic) bond motifs is 1. The van der Waals surface area contributed by atoms with E-state index in [4.69, 9.17) is 9.47 Å². The first-order valence-electron chi connectivity index (χ1n) is 8.15. The molecule has 0 bridgehead atoms. The van der Waals surface area contributed by atoms with Gasteiger partial charge in [0, 0.05) is 18.7 Å². The molecule has 0 radical (unpaired) electrons. The second-order valence-corrected chi connectivity index (χ2v) is 7.67. The largest absolute Gasteiger partial charge is 0.486 e. The molecule has 0 aromatic heterocycles. The number of sulfonamides is 1. The number of amides is 1. The van der Waals surface area contributed by atoms with Gasteiger partial charge in [0.05, 0.1) is 4.90 Å². The first-order valence-corrected chi connectivity index (χ1v) is 9.63. The molecule has 1 atom stereocenters. The SMILES string of the molecule is CC(=O)Nc1ccc(S(=O)(=O)N[C@@H](C)c2ccc3c(c2)OCCO3)cc1. The van der Waals surface area contributed by atoms with E-state index in [2.05, 4.69) is 10.0 Å². The first kappa shape index (κ1) is 18.2. The molecule has 138 valence electrons. The highest BCUT2D eigenvalue weighted by atomic mass is 32.2. The molecule has 2 aromatic rings. The van der Waals surface area contributed by atoms with Crippen LogP contribution in [0.1, 0.15) is 25.5 Å². The Morgan fingerprint density at radius 3 is 2.35 bits per heavy atom. The summed E-state index contributed by atoms with van der Waals surface area (Å²) in [5.41, 5.74) is 1.31. The number of carbonyl (C=O) groups is 1. The summed E-state index contributed by atoms with van der Waals surface area (Å²) in [6.45, 7) is 4.12. The van der Waals surface area contributed by atoms with Crippen molar-refractivity contribution in [3.8, 4) is 11.5 Å². The van der Waals surface area contributed by atoms with Gasteiger partial charge in [0.1, 0.15) is 13.2 Å². The number of hydrogen-bond acceptors (Lipinski definition) is 5. The summed E-state index contributed by atoms with van der Waals surface area (Å²) >= 11 is 0. The number of ether oxygens (including phenoxy) is 2. The smallest absolute Gasteiger partial charge is 0.241 e. The zero-order valence-electron chi connectivity index (χ0n) is 14.5. The zero-order chi connectivity index (χ0) is 18.7. The van der Waals surface area contributed by atoms with Crippen molar-refractivity contribution in [2.75, 3.05) is 18.5 Å². The van der Waals surface area contributed by atoms with Crippen LogP contribution in [0.3, 0.4) is 0 Å². The van der Waals surface area contributed by atoms with Crippen LogP contribution >= 0.6 is 0 Å². The maximum absolute atomic E-state index is 12.6. The standard InChI is InChI=1S/C18H20N2O5S/c1-12(14-3-8-17-18(11-14)25-10-9-24-17)20-26(22,23)16-6-4-15(5-7-16)19-13(2)21/h3-8,11-12,20H,9-10H2,1-2H3,(H,19,21)/t12-/m0/s1. The predicted octanol–water partition coefficient (Wildman–Crippen LogP) is 2.46. The molecule has 1 aliphatic rings. The van der Waals surface area contributed by atoms with E-state index < -0.39 is 16.1 Å². The molecule has 0 fully saturated rings. The Morgan fingerprint density at radius 1 is 1.04 bits per heavy atom. The van der Waals surface area contributed by atoms with Crippen LogP contribution in [-0.4, -0.2) is 27.5 Å². The Labute approximate surface area is 152 Å². The van der Waals surface area contributed by atoms with Crippen LogP contribution in [-0.2, 0) is 14.8 Å². The Kier molecular flexibility index (Phi) is 5.15. The number of benzene rings is 2. The van der Waals surface area contributed by atoms with Crippen molar-refractivity contribution in [1.29, 1.82) is 0 Å². The average molecular weight is 376 g/mol. The first-order chi connectivity index (χ1) is 12.3. The van der Waals surface area contributed by atoms with E-state index >= 15 is 0 Å². The molecule has 3 rings (SSSR count). The molecular weight excluding hydrogens is 356 g/mol. The normalized spacial score (nSPS) is 14.5. The third kappa shape index (κ3) is 4.14. The highest BCUT2D eigenvalue weighted by Gasteiger charge is 2.20. The summed E-state index contributed by atoms with van der Waals surface area (Å²) in [7, 11) is -3.71. The Hall–Kier alpha value is -2.58. The van der Waals surface area contributed by atoms with Gasteiger partial charge in [-0.3, -0.25) is 4.79 Å². The maximum atomic E-state index is 12.6. The number of anilines is 1. The summed E-state index contributed by atoms with van der Waals surface area (Å²) in [6, 6.07) is 10.9. The lowest BCUT2D eigenvalue weighted by molar-refractivity contribution is -0.114. The molecule has 8 heteroatoms. The summed E-state index contributed by atoms with van der Waals surface area (Å²) in [6.07, 6.45) is 0. The fourth-order valence-corrected chi connectivity index (χ4v) is 3.85. The lowest BCUT2D eigenvalue weighted by Gasteiger charge is -2.21. The summed E-state index contributed by atoms with van der Waals surface area (Å²) < 4.78 is 38.8. The van der Waals surface area contributed by atoms with E-state index in [1.807, 2.05) is 0 Å². The van der Waals surface area contributed by atoms with E-state index in [1.54, 1.807) is 37.3 Å². The van der Waals surface area contributed by atoms with Crippen LogP contribution in [0.2, 0.25) is 0 Å². The van der Waals surface area contributed by atoms with Crippen LogP contribution in [0.4, 0.5) is 5.69 Å². The van der Waals surface area contributed by atoms with Gasteiger partial charge in [-0.2, -0.15) is 0 Å². The number of nitrogens with one attached hydrogen (secondary N) is 2. The minimum Gasteiger partial charge on any atom is -0.486 e. The summed E-state index contributed by atoms with van der Waals surface area (Å²) in [5, 5.41) is 2.60. The topological polar surface area (TPSA) is 93.7 Å². The molecule has 1 heterocycles. The fraction of sp³-hybridized carbons (Fsp3) is 0.278. The van der Waals surface area contributed by atoms with Gasteiger partial charge in [-0.1, -0.05) is 6.07 Å². The summed E-state index contributed by atoms with van der Waals surface area (Å²) in [4.78, 5) is 11.2. The second kappa shape index (κ2) is 7.35. The molecule has 2 aromatic carbocycles. The molecule has 1 aliphatic heterocycles. The number of hydrogen-bond donors (Lipinski definition) is 2. The lowest BCUT2D eigenvalue weighted by atomic mass is 10.1. The molecule has 7 nitrogen and oxygen atoms in total. The van der Waals surface area contributed by atoms with Crippen molar-refractivity contribution in [1.82, 2.24) is 4.72 Å².